The highest BCUT2D eigenvalue weighted by Gasteiger charge is 2.69. The highest BCUT2D eigenvalue weighted by molar-refractivity contribution is 7.06. The molecule has 0 heterocycles. The van der Waals surface area contributed by atoms with Crippen LogP contribution in [0.4, 0.5) is 0 Å². The molecule has 7 rings (SSSR count). The summed E-state index contributed by atoms with van der Waals surface area (Å²) < 4.78 is 112. The molecule has 29 heteroatoms. The van der Waals surface area contributed by atoms with Gasteiger partial charge in [-0.25, -0.2) is 0 Å². The van der Waals surface area contributed by atoms with Gasteiger partial charge in [0.05, 0.1) is 0 Å². The lowest BCUT2D eigenvalue weighted by atomic mass is 10.4. The van der Waals surface area contributed by atoms with Crippen molar-refractivity contribution in [1.82, 2.24) is 0 Å². The van der Waals surface area contributed by atoms with E-state index in [0.29, 0.717) is 5.19 Å². The highest BCUT2D eigenvalue weighted by atomic mass is 28.6. The van der Waals surface area contributed by atoms with Crippen molar-refractivity contribution < 1.29 is 57.6 Å². The van der Waals surface area contributed by atoms with Gasteiger partial charge in [0, 0.05) is 5.19 Å². The number of rotatable bonds is 35. The first-order valence-corrected chi connectivity index (χ1v) is 73.3. The van der Waals surface area contributed by atoms with Gasteiger partial charge in [-0.2, -0.15) is 0 Å². The lowest BCUT2D eigenvalue weighted by Crippen LogP contribution is -2.78. The van der Waals surface area contributed by atoms with Gasteiger partial charge in [0.25, 0.3) is 0 Å². The van der Waals surface area contributed by atoms with Gasteiger partial charge < -0.3 is 57.6 Å². The van der Waals surface area contributed by atoms with Crippen molar-refractivity contribution in [2.75, 3.05) is 0 Å². The van der Waals surface area contributed by atoms with E-state index >= 15 is 0 Å². The molecular formula is C67H110O14Si15. The molecule has 0 fully saturated rings. The van der Waals surface area contributed by atoms with E-state index in [0.717, 1.165) is 31.1 Å². The topological polar surface area (TPSA) is 129 Å². The third kappa shape index (κ3) is 23.1. The Balaban J connectivity index is 1.65. The number of hydrogen-bond donors (Lipinski definition) is 0. The molecule has 0 bridgehead atoms. The summed E-state index contributed by atoms with van der Waals surface area (Å²) in [6.45, 7) is 53.5. The monoisotopic (exact) mass is 1560 g/mol. The van der Waals surface area contributed by atoms with E-state index in [1.165, 1.54) is 0 Å². The minimum atomic E-state index is -5.29. The second-order valence-electron chi connectivity index (χ2n) is 31.5. The highest BCUT2D eigenvalue weighted by Crippen LogP contribution is 2.39. The fourth-order valence-corrected chi connectivity index (χ4v) is 77.7. The maximum atomic E-state index is 8.62. The Morgan fingerprint density at radius 1 is 0.156 bits per heavy atom. The Hall–Kier alpha value is -2.77. The van der Waals surface area contributed by atoms with Crippen LogP contribution >= 0.6 is 0 Å². The van der Waals surface area contributed by atoms with Gasteiger partial charge in [0.15, 0.2) is 41.6 Å². The van der Waals surface area contributed by atoms with Crippen molar-refractivity contribution in [3.05, 3.63) is 212 Å². The zero-order chi connectivity index (χ0) is 71.2. The molecular weight excluding hydrogens is 1450 g/mol. The molecule has 0 saturated carbocycles. The molecule has 1 unspecified atom stereocenters. The van der Waals surface area contributed by atoms with Gasteiger partial charge in [-0.1, -0.05) is 212 Å². The Morgan fingerprint density at radius 2 is 0.323 bits per heavy atom. The summed E-state index contributed by atoms with van der Waals surface area (Å²) >= 11 is 0. The quantitative estimate of drug-likeness (QED) is 0.0349. The van der Waals surface area contributed by atoms with Crippen LogP contribution in [0.5, 0.6) is 0 Å². The molecule has 0 aliphatic rings. The average Bonchev–Trinajstić information content (AvgIpc) is 0.744. The second kappa shape index (κ2) is 31.1. The van der Waals surface area contributed by atoms with Crippen LogP contribution < -0.4 is 36.3 Å². The first kappa shape index (κ1) is 80.5. The van der Waals surface area contributed by atoms with Crippen LogP contribution in [-0.2, 0) is 57.6 Å². The van der Waals surface area contributed by atoms with Crippen LogP contribution in [0.25, 0.3) is 0 Å². The summed E-state index contributed by atoms with van der Waals surface area (Å²) in [5, 5.41) is 6.17. The van der Waals surface area contributed by atoms with Crippen molar-refractivity contribution in [3.63, 3.8) is 0 Å². The summed E-state index contributed by atoms with van der Waals surface area (Å²) in [5.74, 6) is 0. The molecule has 14 nitrogen and oxygen atoms in total. The molecule has 0 spiro atoms. The zero-order valence-electron chi connectivity index (χ0n) is 61.9. The third-order valence-electron chi connectivity index (χ3n) is 13.8. The molecule has 7 aromatic rings. The largest absolute Gasteiger partial charge is 0.645 e. The summed E-state index contributed by atoms with van der Waals surface area (Å²) in [7, 11) is -53.0. The number of benzene rings is 7. The molecule has 0 aliphatic heterocycles. The minimum absolute atomic E-state index is 0.615. The smallest absolute Gasteiger partial charge is 0.437 e. The number of hydrogen-bond acceptors (Lipinski definition) is 14. The van der Waals surface area contributed by atoms with Gasteiger partial charge >= 0.3 is 86.3 Å². The van der Waals surface area contributed by atoms with E-state index in [1.807, 2.05) is 155 Å². The van der Waals surface area contributed by atoms with Crippen LogP contribution in [-0.4, -0.2) is 128 Å². The van der Waals surface area contributed by atoms with E-state index in [-0.39, 0.29) is 0 Å². The Labute approximate surface area is 593 Å². The normalized spacial score (nSPS) is 14.8. The summed E-state index contributed by atoms with van der Waals surface area (Å²) in [4.78, 5) is 0. The van der Waals surface area contributed by atoms with Crippen molar-refractivity contribution in [2.24, 2.45) is 0 Å². The van der Waals surface area contributed by atoms with Crippen LogP contribution in [0.1, 0.15) is 0 Å². The predicted octanol–water partition coefficient (Wildman–Crippen LogP) is 14.0. The van der Waals surface area contributed by atoms with Gasteiger partial charge in [0.1, 0.15) is 0 Å². The van der Waals surface area contributed by atoms with E-state index in [1.54, 1.807) is 0 Å². The average molecular weight is 1560 g/mol. The minimum Gasteiger partial charge on any atom is -0.437 e. The molecule has 0 amide bonds. The molecule has 1 atom stereocenters. The molecule has 0 aromatic heterocycles. The second-order valence-corrected chi connectivity index (χ2v) is 87.9. The van der Waals surface area contributed by atoms with Gasteiger partial charge in [-0.15, -0.1) is 0 Å². The van der Waals surface area contributed by atoms with Crippen molar-refractivity contribution in [3.8, 4) is 0 Å². The molecule has 0 saturated heterocycles. The first-order valence-electron chi connectivity index (χ1n) is 33.3. The zero-order valence-corrected chi connectivity index (χ0v) is 76.9. The van der Waals surface area contributed by atoms with Crippen LogP contribution in [0.15, 0.2) is 212 Å². The Kier molecular flexibility index (Phi) is 26.1. The Bertz CT molecular complexity index is 3310. The predicted molar refractivity (Wildman–Crippen MR) is 431 cm³/mol. The molecule has 522 valence electrons. The SMILES string of the molecule is C[Si](C)(C)O[Si](C)(C)O[Si](O[Si](C)(C)O[Si](O[Si](C)(C)C)(c1ccccc1)c1ccccc1)(O[Si](C)(C)O[Si](O[Si](C)(C)C)(c1ccccc1)c1ccccc1)O[Si](O[Si](C)(C)O[Si](C)(C)C)(O[Si](C)(C)O[Si](O[Si](C)(C)C)(c1ccccc1)c1ccccc1)c1ccccc1. The molecule has 0 N–H and O–H groups in total. The van der Waals surface area contributed by atoms with E-state index in [2.05, 4.69) is 221 Å². The lowest BCUT2D eigenvalue weighted by molar-refractivity contribution is 0.0812. The lowest BCUT2D eigenvalue weighted by Gasteiger charge is -2.51. The van der Waals surface area contributed by atoms with E-state index in [9.17, 15) is 0 Å². The van der Waals surface area contributed by atoms with Crippen LogP contribution in [0, 0.1) is 0 Å². The van der Waals surface area contributed by atoms with Crippen molar-refractivity contribution in [2.45, 2.75) is 164 Å². The van der Waals surface area contributed by atoms with E-state index in [4.69, 9.17) is 57.6 Å². The van der Waals surface area contributed by atoms with Gasteiger partial charge in [-0.05, 0) is 195 Å². The molecule has 96 heavy (non-hydrogen) atoms. The summed E-state index contributed by atoms with van der Waals surface area (Å²) in [6.07, 6.45) is 0. The maximum Gasteiger partial charge on any atom is 0.645 e. The van der Waals surface area contributed by atoms with Crippen LogP contribution in [0.2, 0.25) is 164 Å². The first-order chi connectivity index (χ1) is 44.1. The van der Waals surface area contributed by atoms with Crippen LogP contribution in [0.3, 0.4) is 0 Å². The molecule has 7 aromatic carbocycles. The van der Waals surface area contributed by atoms with Gasteiger partial charge in [-0.3, -0.25) is 0 Å². The Morgan fingerprint density at radius 3 is 0.521 bits per heavy atom. The molecule has 0 radical (unpaired) electrons. The standard InChI is InChI=1S/C67H110O14Si15/c1-82(2,3)68-87(16,17)76-95(67-59-45-32-46-60-67,77-89(20,21)73-92(70-84(7,8)9,61-47-33-26-34-48-61)62-49-35-27-36-50-62)81-96(78-88(18,19)69-83(4,5)6,79-90(22,23)74-93(71-85(10,11)12,63-51-37-28-38-52-63)64-53-39-29-40-54-64)80-91(24,25)75-94(72-86(13,14)15,65-55-41-30-42-56-65)66-57-43-31-44-58-66/h26-60H,1-25H3. The summed E-state index contributed by atoms with van der Waals surface area (Å²) in [5.41, 5.74) is 0. The van der Waals surface area contributed by atoms with Crippen molar-refractivity contribution in [1.29, 1.82) is 0 Å². The maximum absolute atomic E-state index is 8.62. The summed E-state index contributed by atoms with van der Waals surface area (Å²) in [6, 6.07) is 72.1. The molecule has 0 aliphatic carbocycles. The fourth-order valence-electron chi connectivity index (χ4n) is 11.8. The van der Waals surface area contributed by atoms with Gasteiger partial charge in [0.2, 0.25) is 0 Å². The van der Waals surface area contributed by atoms with E-state index < -0.39 is 128 Å². The van der Waals surface area contributed by atoms with Crippen molar-refractivity contribution >= 4 is 164 Å². The fraction of sp³-hybridized carbons (Fsp3) is 0.373. The third-order valence-corrected chi connectivity index (χ3v) is 67.4.